The second kappa shape index (κ2) is 5.40. The van der Waals surface area contributed by atoms with Crippen LogP contribution in [0.2, 0.25) is 0 Å². The zero-order valence-electron chi connectivity index (χ0n) is 12.2. The van der Waals surface area contributed by atoms with E-state index in [1.807, 2.05) is 49.1 Å². The Balaban J connectivity index is 1.82. The molecule has 21 heavy (non-hydrogen) atoms. The van der Waals surface area contributed by atoms with E-state index in [0.29, 0.717) is 5.89 Å². The van der Waals surface area contributed by atoms with Crippen LogP contribution >= 0.6 is 0 Å². The first-order valence-electron chi connectivity index (χ1n) is 6.77. The molecule has 2 heterocycles. The van der Waals surface area contributed by atoms with E-state index >= 15 is 0 Å². The number of aryl methyl sites for hydroxylation is 2. The summed E-state index contributed by atoms with van der Waals surface area (Å²) in [6.45, 7) is 4.13. The van der Waals surface area contributed by atoms with Gasteiger partial charge in [-0.05, 0) is 32.0 Å². The molecule has 1 atom stereocenters. The molecule has 2 aromatic heterocycles. The van der Waals surface area contributed by atoms with Crippen molar-refractivity contribution in [2.45, 2.75) is 19.9 Å². The lowest BCUT2D eigenvalue weighted by Gasteiger charge is -2.15. The predicted octanol–water partition coefficient (Wildman–Crippen LogP) is 2.95. The van der Waals surface area contributed by atoms with E-state index in [1.165, 1.54) is 12.0 Å². The highest BCUT2D eigenvalue weighted by atomic mass is 16.4. The second-order valence-corrected chi connectivity index (χ2v) is 5.03. The number of hydrogen-bond acceptors (Lipinski definition) is 5. The fourth-order valence-electron chi connectivity index (χ4n) is 2.41. The molecule has 0 radical (unpaired) electrons. The molecule has 1 unspecified atom stereocenters. The number of aromatic nitrogens is 4. The summed E-state index contributed by atoms with van der Waals surface area (Å²) in [5, 5.41) is 15.5. The van der Waals surface area contributed by atoms with Crippen LogP contribution in [0.4, 0.5) is 5.69 Å². The van der Waals surface area contributed by atoms with Crippen LogP contribution in [0.15, 0.2) is 41.3 Å². The molecule has 0 fully saturated rings. The lowest BCUT2D eigenvalue weighted by atomic mass is 10.1. The van der Waals surface area contributed by atoms with Gasteiger partial charge >= 0.3 is 0 Å². The Morgan fingerprint density at radius 1 is 1.33 bits per heavy atom. The summed E-state index contributed by atoms with van der Waals surface area (Å²) < 4.78 is 7.05. The highest BCUT2D eigenvalue weighted by Crippen LogP contribution is 2.25. The molecular weight excluding hydrogens is 266 g/mol. The van der Waals surface area contributed by atoms with E-state index in [9.17, 15) is 0 Å². The van der Waals surface area contributed by atoms with Gasteiger partial charge in [0.2, 0.25) is 12.3 Å². The van der Waals surface area contributed by atoms with Crippen molar-refractivity contribution < 1.29 is 4.42 Å². The van der Waals surface area contributed by atoms with Gasteiger partial charge in [-0.3, -0.25) is 4.68 Å². The van der Waals surface area contributed by atoms with Crippen molar-refractivity contribution in [3.8, 4) is 11.5 Å². The molecule has 0 spiro atoms. The van der Waals surface area contributed by atoms with Gasteiger partial charge in [0.1, 0.15) is 0 Å². The van der Waals surface area contributed by atoms with Gasteiger partial charge in [0, 0.05) is 30.1 Å². The molecule has 0 aliphatic rings. The fourth-order valence-corrected chi connectivity index (χ4v) is 2.41. The molecule has 6 heteroatoms. The molecule has 0 bridgehead atoms. The summed E-state index contributed by atoms with van der Waals surface area (Å²) in [7, 11) is 1.93. The van der Waals surface area contributed by atoms with E-state index in [0.717, 1.165) is 16.9 Å². The van der Waals surface area contributed by atoms with Crippen LogP contribution in [0.1, 0.15) is 24.2 Å². The summed E-state index contributed by atoms with van der Waals surface area (Å²) in [4.78, 5) is 0. The normalized spacial score (nSPS) is 12.3. The van der Waals surface area contributed by atoms with Crippen LogP contribution in [0.25, 0.3) is 11.5 Å². The van der Waals surface area contributed by atoms with E-state index < -0.39 is 0 Å². The number of anilines is 1. The first-order valence-corrected chi connectivity index (χ1v) is 6.77. The van der Waals surface area contributed by atoms with Crippen LogP contribution in [-0.4, -0.2) is 20.0 Å². The third-order valence-electron chi connectivity index (χ3n) is 3.37. The maximum atomic E-state index is 5.22. The average Bonchev–Trinajstić information content (AvgIpc) is 3.08. The standard InChI is InChI=1S/C15H17N5O/c1-10(14-8-20(3)19-11(14)2)17-13-6-4-5-12(7-13)15-18-16-9-21-15/h4-10,17H,1-3H3. The van der Waals surface area contributed by atoms with Crippen molar-refractivity contribution in [2.75, 3.05) is 5.32 Å². The Labute approximate surface area is 122 Å². The van der Waals surface area contributed by atoms with Crippen molar-refractivity contribution >= 4 is 5.69 Å². The van der Waals surface area contributed by atoms with Gasteiger partial charge in [0.05, 0.1) is 11.7 Å². The lowest BCUT2D eigenvalue weighted by molar-refractivity contribution is 0.568. The Hall–Kier alpha value is -2.63. The van der Waals surface area contributed by atoms with E-state index in [2.05, 4.69) is 27.5 Å². The molecule has 108 valence electrons. The smallest absolute Gasteiger partial charge is 0.247 e. The van der Waals surface area contributed by atoms with Gasteiger partial charge in [-0.15, -0.1) is 10.2 Å². The molecule has 1 N–H and O–H groups in total. The van der Waals surface area contributed by atoms with Crippen molar-refractivity contribution in [3.63, 3.8) is 0 Å². The number of hydrogen-bond donors (Lipinski definition) is 1. The molecule has 0 amide bonds. The molecule has 1 aromatic carbocycles. The number of nitrogens with zero attached hydrogens (tertiary/aromatic N) is 4. The van der Waals surface area contributed by atoms with Crippen molar-refractivity contribution in [2.24, 2.45) is 7.05 Å². The molecular formula is C15H17N5O. The number of rotatable bonds is 4. The van der Waals surface area contributed by atoms with Crippen LogP contribution < -0.4 is 5.32 Å². The van der Waals surface area contributed by atoms with Gasteiger partial charge in [-0.1, -0.05) is 6.07 Å². The van der Waals surface area contributed by atoms with Gasteiger partial charge in [0.25, 0.3) is 0 Å². The van der Waals surface area contributed by atoms with E-state index in [1.54, 1.807) is 0 Å². The van der Waals surface area contributed by atoms with E-state index in [-0.39, 0.29) is 6.04 Å². The quantitative estimate of drug-likeness (QED) is 0.797. The van der Waals surface area contributed by atoms with Gasteiger partial charge in [0.15, 0.2) is 0 Å². The SMILES string of the molecule is Cc1nn(C)cc1C(C)Nc1cccc(-c2nnco2)c1. The summed E-state index contributed by atoms with van der Waals surface area (Å²) >= 11 is 0. The molecule has 0 aliphatic heterocycles. The Bertz CT molecular complexity index is 732. The minimum Gasteiger partial charge on any atom is -0.423 e. The minimum absolute atomic E-state index is 0.164. The summed E-state index contributed by atoms with van der Waals surface area (Å²) in [6, 6.07) is 8.08. The second-order valence-electron chi connectivity index (χ2n) is 5.03. The Kier molecular flexibility index (Phi) is 3.43. The molecule has 3 rings (SSSR count). The van der Waals surface area contributed by atoms with Crippen LogP contribution in [0, 0.1) is 6.92 Å². The summed E-state index contributed by atoms with van der Waals surface area (Å²) in [5.41, 5.74) is 4.11. The predicted molar refractivity (Wildman–Crippen MR) is 79.7 cm³/mol. The van der Waals surface area contributed by atoms with Crippen molar-refractivity contribution in [3.05, 3.63) is 48.1 Å². The zero-order valence-corrected chi connectivity index (χ0v) is 12.2. The molecule has 0 saturated heterocycles. The van der Waals surface area contributed by atoms with Gasteiger partial charge < -0.3 is 9.73 Å². The van der Waals surface area contributed by atoms with Crippen molar-refractivity contribution in [1.29, 1.82) is 0 Å². The third kappa shape index (κ3) is 2.79. The minimum atomic E-state index is 0.164. The number of nitrogens with one attached hydrogen (secondary N) is 1. The topological polar surface area (TPSA) is 68.8 Å². The van der Waals surface area contributed by atoms with Crippen molar-refractivity contribution in [1.82, 2.24) is 20.0 Å². The highest BCUT2D eigenvalue weighted by molar-refractivity contribution is 5.61. The Morgan fingerprint density at radius 3 is 2.86 bits per heavy atom. The van der Waals surface area contributed by atoms with Crippen LogP contribution in [-0.2, 0) is 7.05 Å². The maximum Gasteiger partial charge on any atom is 0.247 e. The molecule has 3 aromatic rings. The monoisotopic (exact) mass is 283 g/mol. The van der Waals surface area contributed by atoms with Gasteiger partial charge in [-0.25, -0.2) is 0 Å². The zero-order chi connectivity index (χ0) is 14.8. The van der Waals surface area contributed by atoms with Crippen LogP contribution in [0.3, 0.4) is 0 Å². The van der Waals surface area contributed by atoms with E-state index in [4.69, 9.17) is 4.42 Å². The maximum absolute atomic E-state index is 5.22. The van der Waals surface area contributed by atoms with Crippen LogP contribution in [0.5, 0.6) is 0 Å². The lowest BCUT2D eigenvalue weighted by Crippen LogP contribution is -2.07. The average molecular weight is 283 g/mol. The molecule has 0 aliphatic carbocycles. The first kappa shape index (κ1) is 13.4. The first-order chi connectivity index (χ1) is 10.1. The largest absolute Gasteiger partial charge is 0.423 e. The van der Waals surface area contributed by atoms with Gasteiger partial charge in [-0.2, -0.15) is 5.10 Å². The third-order valence-corrected chi connectivity index (χ3v) is 3.37. The molecule has 6 nitrogen and oxygen atoms in total. The Morgan fingerprint density at radius 2 is 2.19 bits per heavy atom. The highest BCUT2D eigenvalue weighted by Gasteiger charge is 2.12. The summed E-state index contributed by atoms with van der Waals surface area (Å²) in [5.74, 6) is 0.517. The fraction of sp³-hybridized carbons (Fsp3) is 0.267. The molecule has 0 saturated carbocycles. The number of benzene rings is 1. The summed E-state index contributed by atoms with van der Waals surface area (Å²) in [6.07, 6.45) is 3.37.